The third-order valence-corrected chi connectivity index (χ3v) is 1.87. The maximum Gasteiger partial charge on any atom is 0.335 e. The lowest BCUT2D eigenvalue weighted by Gasteiger charge is -2.08. The number of aromatic carboxylic acids is 1. The van der Waals surface area contributed by atoms with E-state index in [0.717, 1.165) is 0 Å². The number of carbonyl (C=O) groups is 2. The summed E-state index contributed by atoms with van der Waals surface area (Å²) in [5, 5.41) is 10.7. The predicted octanol–water partition coefficient (Wildman–Crippen LogP) is 0.788. The second-order valence-electron chi connectivity index (χ2n) is 3.04. The van der Waals surface area contributed by atoms with Crippen molar-refractivity contribution >= 4 is 11.9 Å². The first kappa shape index (κ1) is 12.9. The van der Waals surface area contributed by atoms with E-state index in [0.29, 0.717) is 12.1 Å². The second-order valence-corrected chi connectivity index (χ2v) is 3.04. The van der Waals surface area contributed by atoms with Gasteiger partial charge in [0.2, 0.25) is 0 Å². The number of benzene rings is 1. The largest absolute Gasteiger partial charge is 0.478 e. The average molecular weight is 245 g/mol. The van der Waals surface area contributed by atoms with Crippen LogP contribution < -0.4 is 10.1 Å². The number of carboxylic acids is 1. The molecule has 1 rings (SSSR count). The Morgan fingerprint density at radius 3 is 2.29 bits per heavy atom. The van der Waals surface area contributed by atoms with Gasteiger partial charge in [-0.25, -0.2) is 13.6 Å². The Bertz CT molecular complexity index is 439. The van der Waals surface area contributed by atoms with Crippen LogP contribution in [-0.4, -0.2) is 30.6 Å². The van der Waals surface area contributed by atoms with E-state index in [9.17, 15) is 18.4 Å². The van der Waals surface area contributed by atoms with E-state index >= 15 is 0 Å². The highest BCUT2D eigenvalue weighted by Crippen LogP contribution is 2.23. The van der Waals surface area contributed by atoms with E-state index in [1.807, 2.05) is 0 Å². The van der Waals surface area contributed by atoms with Gasteiger partial charge in [0, 0.05) is 7.05 Å². The summed E-state index contributed by atoms with van der Waals surface area (Å²) in [7, 11) is 1.34. The molecule has 17 heavy (non-hydrogen) atoms. The van der Waals surface area contributed by atoms with E-state index in [1.54, 1.807) is 0 Å². The first-order chi connectivity index (χ1) is 7.95. The van der Waals surface area contributed by atoms with Crippen molar-refractivity contribution in [3.05, 3.63) is 29.3 Å². The van der Waals surface area contributed by atoms with Crippen molar-refractivity contribution in [2.24, 2.45) is 0 Å². The molecular weight excluding hydrogens is 236 g/mol. The third kappa shape index (κ3) is 3.13. The van der Waals surface area contributed by atoms with Crippen molar-refractivity contribution in [1.29, 1.82) is 0 Å². The monoisotopic (exact) mass is 245 g/mol. The van der Waals surface area contributed by atoms with Gasteiger partial charge in [-0.1, -0.05) is 0 Å². The maximum atomic E-state index is 13.3. The number of halogens is 2. The van der Waals surface area contributed by atoms with Gasteiger partial charge in [0.25, 0.3) is 5.91 Å². The van der Waals surface area contributed by atoms with Gasteiger partial charge in [0.1, 0.15) is 0 Å². The van der Waals surface area contributed by atoms with Crippen LogP contribution in [0.25, 0.3) is 0 Å². The van der Waals surface area contributed by atoms with Gasteiger partial charge >= 0.3 is 5.97 Å². The highest BCUT2D eigenvalue weighted by atomic mass is 19.1. The summed E-state index contributed by atoms with van der Waals surface area (Å²) in [6.07, 6.45) is 0. The smallest absolute Gasteiger partial charge is 0.335 e. The Morgan fingerprint density at radius 1 is 1.35 bits per heavy atom. The minimum atomic E-state index is -1.46. The predicted molar refractivity (Wildman–Crippen MR) is 52.9 cm³/mol. The maximum absolute atomic E-state index is 13.3. The molecule has 92 valence electrons. The molecule has 0 heterocycles. The van der Waals surface area contributed by atoms with Crippen molar-refractivity contribution in [2.75, 3.05) is 13.7 Å². The second kappa shape index (κ2) is 5.24. The Hall–Kier alpha value is -2.18. The molecule has 2 N–H and O–H groups in total. The fraction of sp³-hybridized carbons (Fsp3) is 0.200. The Morgan fingerprint density at radius 2 is 1.88 bits per heavy atom. The number of nitrogens with one attached hydrogen (secondary N) is 1. The fourth-order valence-corrected chi connectivity index (χ4v) is 1.03. The molecule has 0 saturated heterocycles. The topological polar surface area (TPSA) is 75.6 Å². The Labute approximate surface area is 95.0 Å². The average Bonchev–Trinajstić information content (AvgIpc) is 2.27. The van der Waals surface area contributed by atoms with Gasteiger partial charge in [-0.05, 0) is 12.1 Å². The van der Waals surface area contributed by atoms with Crippen LogP contribution in [0, 0.1) is 11.6 Å². The molecule has 7 heteroatoms. The van der Waals surface area contributed by atoms with E-state index < -0.39 is 41.4 Å². The van der Waals surface area contributed by atoms with Gasteiger partial charge in [-0.2, -0.15) is 0 Å². The molecule has 0 radical (unpaired) electrons. The van der Waals surface area contributed by atoms with Gasteiger partial charge in [-0.15, -0.1) is 0 Å². The number of likely N-dealkylation sites (N-methyl/N-ethyl adjacent to an activating group) is 1. The molecule has 0 saturated carbocycles. The van der Waals surface area contributed by atoms with Gasteiger partial charge in [0.15, 0.2) is 24.0 Å². The standard InChI is InChI=1S/C10H9F2NO4/c1-13-8(14)4-17-9-6(11)2-5(10(15)16)3-7(9)12/h2-3H,4H2,1H3,(H,13,14)(H,15,16). The van der Waals surface area contributed by atoms with E-state index in [-0.39, 0.29) is 0 Å². The number of carboxylic acid groups (broad SMARTS) is 1. The van der Waals surface area contributed by atoms with E-state index in [4.69, 9.17) is 5.11 Å². The number of ether oxygens (including phenoxy) is 1. The molecule has 1 aromatic rings. The van der Waals surface area contributed by atoms with E-state index in [1.165, 1.54) is 7.05 Å². The summed E-state index contributed by atoms with van der Waals surface area (Å²) in [6.45, 7) is -0.559. The van der Waals surface area contributed by atoms with Gasteiger partial charge < -0.3 is 15.2 Å². The normalized spacial score (nSPS) is 9.82. The summed E-state index contributed by atoms with van der Waals surface area (Å²) in [6, 6.07) is 1.23. The molecule has 0 bridgehead atoms. The van der Waals surface area contributed by atoms with E-state index in [2.05, 4.69) is 10.1 Å². The third-order valence-electron chi connectivity index (χ3n) is 1.87. The molecular formula is C10H9F2NO4. The van der Waals surface area contributed by atoms with Crippen LogP contribution in [0.4, 0.5) is 8.78 Å². The van der Waals surface area contributed by atoms with Crippen LogP contribution in [0.2, 0.25) is 0 Å². The quantitative estimate of drug-likeness (QED) is 0.822. The molecule has 0 aliphatic carbocycles. The van der Waals surface area contributed by atoms with Crippen LogP contribution in [0.15, 0.2) is 12.1 Å². The van der Waals surface area contributed by atoms with Crippen molar-refractivity contribution in [3.8, 4) is 5.75 Å². The van der Waals surface area contributed by atoms with Crippen LogP contribution >= 0.6 is 0 Å². The lowest BCUT2D eigenvalue weighted by atomic mass is 10.2. The summed E-state index contributed by atoms with van der Waals surface area (Å²) < 4.78 is 31.1. The first-order valence-electron chi connectivity index (χ1n) is 4.51. The molecule has 0 unspecified atom stereocenters. The number of amides is 1. The number of hydrogen-bond donors (Lipinski definition) is 2. The summed E-state index contributed by atoms with van der Waals surface area (Å²) in [5.74, 6) is -5.15. The van der Waals surface area contributed by atoms with Gasteiger partial charge in [0.05, 0.1) is 5.56 Å². The zero-order valence-electron chi connectivity index (χ0n) is 8.79. The summed E-state index contributed by atoms with van der Waals surface area (Å²) >= 11 is 0. The highest BCUT2D eigenvalue weighted by Gasteiger charge is 2.16. The molecule has 0 aliphatic rings. The molecule has 5 nitrogen and oxygen atoms in total. The Balaban J connectivity index is 2.94. The zero-order chi connectivity index (χ0) is 13.0. The highest BCUT2D eigenvalue weighted by molar-refractivity contribution is 5.87. The van der Waals surface area contributed by atoms with Gasteiger partial charge in [-0.3, -0.25) is 4.79 Å². The van der Waals surface area contributed by atoms with Crippen LogP contribution in [0.3, 0.4) is 0 Å². The number of hydrogen-bond acceptors (Lipinski definition) is 3. The van der Waals surface area contributed by atoms with Crippen molar-refractivity contribution in [3.63, 3.8) is 0 Å². The summed E-state index contributed by atoms with van der Waals surface area (Å²) in [5.41, 5.74) is -0.535. The molecule has 1 amide bonds. The van der Waals surface area contributed by atoms with Crippen LogP contribution in [-0.2, 0) is 4.79 Å². The van der Waals surface area contributed by atoms with Crippen LogP contribution in [0.1, 0.15) is 10.4 Å². The molecule has 0 aromatic heterocycles. The first-order valence-corrected chi connectivity index (χ1v) is 4.51. The molecule has 0 spiro atoms. The minimum absolute atomic E-state index is 0.535. The molecule has 0 aliphatic heterocycles. The minimum Gasteiger partial charge on any atom is -0.478 e. The lowest BCUT2D eigenvalue weighted by molar-refractivity contribution is -0.122. The van der Waals surface area contributed by atoms with Crippen molar-refractivity contribution in [2.45, 2.75) is 0 Å². The lowest BCUT2D eigenvalue weighted by Crippen LogP contribution is -2.25. The van der Waals surface area contributed by atoms with Crippen LogP contribution in [0.5, 0.6) is 5.75 Å². The molecule has 0 fully saturated rings. The number of rotatable bonds is 4. The number of carbonyl (C=O) groups excluding carboxylic acids is 1. The summed E-state index contributed by atoms with van der Waals surface area (Å²) in [4.78, 5) is 21.3. The molecule has 1 aromatic carbocycles. The zero-order valence-corrected chi connectivity index (χ0v) is 8.79. The molecule has 0 atom stereocenters. The van der Waals surface area contributed by atoms with Crippen molar-refractivity contribution < 1.29 is 28.2 Å². The fourth-order valence-electron chi connectivity index (χ4n) is 1.03. The SMILES string of the molecule is CNC(=O)COc1c(F)cc(C(=O)O)cc1F. The van der Waals surface area contributed by atoms with Crippen molar-refractivity contribution in [1.82, 2.24) is 5.32 Å². The Kier molecular flexibility index (Phi) is 3.97.